The molecule has 0 radical (unpaired) electrons. The van der Waals surface area contributed by atoms with Gasteiger partial charge in [-0.2, -0.15) is 23.5 Å². The lowest BCUT2D eigenvalue weighted by Gasteiger charge is -2.29. The minimum absolute atomic E-state index is 0.778. The summed E-state index contributed by atoms with van der Waals surface area (Å²) >= 11 is 4.07. The molecule has 0 saturated carbocycles. The molecule has 0 amide bonds. The van der Waals surface area contributed by atoms with Gasteiger partial charge in [0, 0.05) is 11.3 Å². The van der Waals surface area contributed by atoms with Gasteiger partial charge in [0.2, 0.25) is 0 Å². The van der Waals surface area contributed by atoms with Gasteiger partial charge in [0.05, 0.1) is 0 Å². The lowest BCUT2D eigenvalue weighted by atomic mass is 10.1. The van der Waals surface area contributed by atoms with Crippen molar-refractivity contribution in [3.8, 4) is 0 Å². The van der Waals surface area contributed by atoms with Gasteiger partial charge in [-0.05, 0) is 43.6 Å². The first-order chi connectivity index (χ1) is 6.34. The van der Waals surface area contributed by atoms with Crippen molar-refractivity contribution in [3.05, 3.63) is 0 Å². The van der Waals surface area contributed by atoms with Crippen molar-refractivity contribution in [1.29, 1.82) is 0 Å². The van der Waals surface area contributed by atoms with Crippen LogP contribution in [0.5, 0.6) is 0 Å². The summed E-state index contributed by atoms with van der Waals surface area (Å²) in [5.41, 5.74) is 0. The molecule has 78 valence electrons. The summed E-state index contributed by atoms with van der Waals surface area (Å²) in [6, 6.07) is 0.778. The maximum absolute atomic E-state index is 3.67. The molecule has 1 aliphatic heterocycles. The van der Waals surface area contributed by atoms with Crippen LogP contribution in [0, 0.1) is 0 Å². The highest BCUT2D eigenvalue weighted by Crippen LogP contribution is 2.24. The van der Waals surface area contributed by atoms with E-state index in [9.17, 15) is 0 Å². The molecule has 0 spiro atoms. The van der Waals surface area contributed by atoms with Crippen LogP contribution in [-0.2, 0) is 0 Å². The molecule has 0 aromatic carbocycles. The van der Waals surface area contributed by atoms with Crippen molar-refractivity contribution in [3.63, 3.8) is 0 Å². The van der Waals surface area contributed by atoms with Crippen LogP contribution in [0.2, 0.25) is 0 Å². The predicted octanol–water partition coefficient (Wildman–Crippen LogP) is 2.61. The fourth-order valence-corrected chi connectivity index (χ4v) is 3.30. The minimum Gasteiger partial charge on any atom is -0.313 e. The standard InChI is InChI=1S/C10H21NS2/c1-9-10(5-3-8-13-9)11-6-4-7-12-2/h9-11H,3-8H2,1-2H3. The Bertz CT molecular complexity index is 130. The van der Waals surface area contributed by atoms with Crippen molar-refractivity contribution >= 4 is 23.5 Å². The second-order valence-electron chi connectivity index (χ2n) is 3.63. The molecule has 3 heteroatoms. The van der Waals surface area contributed by atoms with Gasteiger partial charge in [-0.15, -0.1) is 0 Å². The van der Waals surface area contributed by atoms with Gasteiger partial charge in [-0.25, -0.2) is 0 Å². The molecule has 1 saturated heterocycles. The molecule has 1 aliphatic rings. The summed E-state index contributed by atoms with van der Waals surface area (Å²) < 4.78 is 0. The van der Waals surface area contributed by atoms with E-state index in [1.807, 2.05) is 11.8 Å². The Labute approximate surface area is 90.8 Å². The van der Waals surface area contributed by atoms with E-state index >= 15 is 0 Å². The van der Waals surface area contributed by atoms with Gasteiger partial charge in [0.1, 0.15) is 0 Å². The van der Waals surface area contributed by atoms with Crippen LogP contribution in [0.4, 0.5) is 0 Å². The van der Waals surface area contributed by atoms with Crippen molar-refractivity contribution in [1.82, 2.24) is 5.32 Å². The molecule has 1 rings (SSSR count). The van der Waals surface area contributed by atoms with Gasteiger partial charge >= 0.3 is 0 Å². The average molecular weight is 219 g/mol. The monoisotopic (exact) mass is 219 g/mol. The quantitative estimate of drug-likeness (QED) is 0.714. The van der Waals surface area contributed by atoms with E-state index < -0.39 is 0 Å². The summed E-state index contributed by atoms with van der Waals surface area (Å²) in [7, 11) is 0. The Morgan fingerprint density at radius 3 is 3.08 bits per heavy atom. The first-order valence-electron chi connectivity index (χ1n) is 5.18. The molecular formula is C10H21NS2. The molecular weight excluding hydrogens is 198 g/mol. The third kappa shape index (κ3) is 4.61. The smallest absolute Gasteiger partial charge is 0.0184 e. The molecule has 2 atom stereocenters. The topological polar surface area (TPSA) is 12.0 Å². The Morgan fingerprint density at radius 2 is 2.38 bits per heavy atom. The molecule has 1 heterocycles. The van der Waals surface area contributed by atoms with E-state index in [0.717, 1.165) is 11.3 Å². The molecule has 1 nitrogen and oxygen atoms in total. The molecule has 1 fully saturated rings. The Kier molecular flexibility index (Phi) is 6.33. The molecule has 2 unspecified atom stereocenters. The third-order valence-corrected chi connectivity index (χ3v) is 4.61. The zero-order valence-corrected chi connectivity index (χ0v) is 10.3. The third-order valence-electron chi connectivity index (χ3n) is 2.54. The first-order valence-corrected chi connectivity index (χ1v) is 7.63. The number of rotatable bonds is 5. The van der Waals surface area contributed by atoms with E-state index in [1.165, 1.54) is 37.3 Å². The minimum atomic E-state index is 0.778. The lowest BCUT2D eigenvalue weighted by Crippen LogP contribution is -2.39. The molecule has 0 aliphatic carbocycles. The van der Waals surface area contributed by atoms with Crippen LogP contribution in [-0.4, -0.2) is 35.6 Å². The number of hydrogen-bond donors (Lipinski definition) is 1. The van der Waals surface area contributed by atoms with Gasteiger partial charge in [0.15, 0.2) is 0 Å². The summed E-state index contributed by atoms with van der Waals surface area (Å²) in [5, 5.41) is 4.49. The fourth-order valence-electron chi connectivity index (χ4n) is 1.70. The summed E-state index contributed by atoms with van der Waals surface area (Å²) in [4.78, 5) is 0. The van der Waals surface area contributed by atoms with Crippen molar-refractivity contribution < 1.29 is 0 Å². The van der Waals surface area contributed by atoms with Gasteiger partial charge < -0.3 is 5.32 Å². The van der Waals surface area contributed by atoms with Gasteiger partial charge in [-0.3, -0.25) is 0 Å². The maximum atomic E-state index is 3.67. The number of thioether (sulfide) groups is 2. The van der Waals surface area contributed by atoms with Crippen LogP contribution in [0.1, 0.15) is 26.2 Å². The SMILES string of the molecule is CSCCCNC1CCCSC1C. The Morgan fingerprint density at radius 1 is 1.54 bits per heavy atom. The zero-order chi connectivity index (χ0) is 9.52. The van der Waals surface area contributed by atoms with Crippen LogP contribution < -0.4 is 5.32 Å². The molecule has 13 heavy (non-hydrogen) atoms. The Hall–Kier alpha value is 0.660. The van der Waals surface area contributed by atoms with E-state index in [4.69, 9.17) is 0 Å². The van der Waals surface area contributed by atoms with Gasteiger partial charge in [-0.1, -0.05) is 6.92 Å². The fraction of sp³-hybridized carbons (Fsp3) is 1.00. The largest absolute Gasteiger partial charge is 0.313 e. The second kappa shape index (κ2) is 7.02. The highest BCUT2D eigenvalue weighted by atomic mass is 32.2. The van der Waals surface area contributed by atoms with E-state index in [-0.39, 0.29) is 0 Å². The average Bonchev–Trinajstić information content (AvgIpc) is 2.15. The molecule has 0 aromatic rings. The molecule has 1 N–H and O–H groups in total. The van der Waals surface area contributed by atoms with E-state index in [0.29, 0.717) is 0 Å². The number of nitrogens with one attached hydrogen (secondary N) is 1. The van der Waals surface area contributed by atoms with Crippen molar-refractivity contribution in [2.75, 3.05) is 24.3 Å². The maximum Gasteiger partial charge on any atom is 0.0184 e. The predicted molar refractivity (Wildman–Crippen MR) is 65.9 cm³/mol. The normalized spacial score (nSPS) is 29.1. The zero-order valence-electron chi connectivity index (χ0n) is 8.71. The van der Waals surface area contributed by atoms with Gasteiger partial charge in [0.25, 0.3) is 0 Å². The molecule has 0 bridgehead atoms. The lowest BCUT2D eigenvalue weighted by molar-refractivity contribution is 0.464. The second-order valence-corrected chi connectivity index (χ2v) is 6.10. The van der Waals surface area contributed by atoms with Crippen LogP contribution in [0.15, 0.2) is 0 Å². The molecule has 0 aromatic heterocycles. The number of hydrogen-bond acceptors (Lipinski definition) is 3. The van der Waals surface area contributed by atoms with Crippen molar-refractivity contribution in [2.24, 2.45) is 0 Å². The first kappa shape index (κ1) is 11.7. The van der Waals surface area contributed by atoms with Crippen LogP contribution in [0.25, 0.3) is 0 Å². The summed E-state index contributed by atoms with van der Waals surface area (Å²) in [5.74, 6) is 2.66. The highest BCUT2D eigenvalue weighted by Gasteiger charge is 2.20. The van der Waals surface area contributed by atoms with E-state index in [1.54, 1.807) is 0 Å². The highest BCUT2D eigenvalue weighted by molar-refractivity contribution is 8.00. The van der Waals surface area contributed by atoms with Crippen LogP contribution in [0.3, 0.4) is 0 Å². The summed E-state index contributed by atoms with van der Waals surface area (Å²) in [6.45, 7) is 3.56. The van der Waals surface area contributed by atoms with E-state index in [2.05, 4.69) is 30.3 Å². The summed E-state index contributed by atoms with van der Waals surface area (Å²) in [6.07, 6.45) is 6.27. The van der Waals surface area contributed by atoms with Crippen LogP contribution >= 0.6 is 23.5 Å². The Balaban J connectivity index is 2.05. The van der Waals surface area contributed by atoms with Crippen molar-refractivity contribution in [2.45, 2.75) is 37.5 Å².